The zero-order chi connectivity index (χ0) is 10.7. The molecule has 0 atom stereocenters. The van der Waals surface area contributed by atoms with Gasteiger partial charge in [0.2, 0.25) is 0 Å². The van der Waals surface area contributed by atoms with Crippen molar-refractivity contribution >= 4 is 15.9 Å². The Labute approximate surface area is 89.2 Å². The average Bonchev–Trinajstić information content (AvgIpc) is 2.20. The van der Waals surface area contributed by atoms with Gasteiger partial charge >= 0.3 is 0 Å². The minimum atomic E-state index is -0.580. The van der Waals surface area contributed by atoms with Crippen LogP contribution in [0.15, 0.2) is 10.5 Å². The van der Waals surface area contributed by atoms with E-state index in [0.717, 1.165) is 0 Å². The molecule has 0 fully saturated rings. The second kappa shape index (κ2) is 4.29. The van der Waals surface area contributed by atoms with Gasteiger partial charge in [-0.15, -0.1) is 0 Å². The van der Waals surface area contributed by atoms with Crippen LogP contribution in [0.25, 0.3) is 0 Å². The minimum absolute atomic E-state index is 0.0709. The third kappa shape index (κ3) is 1.66. The molecule has 0 bridgehead atoms. The van der Waals surface area contributed by atoms with Crippen LogP contribution in [0.3, 0.4) is 0 Å². The third-order valence-electron chi connectivity index (χ3n) is 1.66. The summed E-state index contributed by atoms with van der Waals surface area (Å²) in [7, 11) is 2.67. The maximum atomic E-state index is 13.4. The molecule has 0 aromatic heterocycles. The lowest BCUT2D eigenvalue weighted by Crippen LogP contribution is -1.97. The highest BCUT2D eigenvalue weighted by atomic mass is 79.9. The molecule has 74 valence electrons. The van der Waals surface area contributed by atoms with Crippen molar-refractivity contribution < 1.29 is 13.9 Å². The van der Waals surface area contributed by atoms with Crippen molar-refractivity contribution in [1.29, 1.82) is 5.26 Å². The molecule has 0 aliphatic heterocycles. The molecule has 0 aliphatic carbocycles. The predicted molar refractivity (Wildman–Crippen MR) is 51.9 cm³/mol. The summed E-state index contributed by atoms with van der Waals surface area (Å²) in [6, 6.07) is 3.23. The molecular formula is C9H7BrFNO2. The highest BCUT2D eigenvalue weighted by Crippen LogP contribution is 2.37. The first-order chi connectivity index (χ1) is 6.65. The molecule has 0 N–H and O–H groups in total. The second-order valence-electron chi connectivity index (χ2n) is 2.40. The zero-order valence-electron chi connectivity index (χ0n) is 7.60. The van der Waals surface area contributed by atoms with Crippen LogP contribution in [0, 0.1) is 17.1 Å². The minimum Gasteiger partial charge on any atom is -0.491 e. The maximum absolute atomic E-state index is 13.4. The Bertz CT molecular complexity index is 401. The number of ether oxygens (including phenoxy) is 2. The Morgan fingerprint density at radius 2 is 1.93 bits per heavy atom. The van der Waals surface area contributed by atoms with Gasteiger partial charge in [-0.2, -0.15) is 5.26 Å². The Hall–Kier alpha value is -1.28. The monoisotopic (exact) mass is 259 g/mol. The normalized spacial score (nSPS) is 9.36. The summed E-state index contributed by atoms with van der Waals surface area (Å²) >= 11 is 2.98. The van der Waals surface area contributed by atoms with Gasteiger partial charge in [0.25, 0.3) is 0 Å². The van der Waals surface area contributed by atoms with Crippen LogP contribution in [-0.2, 0) is 0 Å². The van der Waals surface area contributed by atoms with E-state index in [4.69, 9.17) is 14.7 Å². The zero-order valence-corrected chi connectivity index (χ0v) is 9.18. The van der Waals surface area contributed by atoms with E-state index in [-0.39, 0.29) is 21.5 Å². The summed E-state index contributed by atoms with van der Waals surface area (Å²) in [5, 5.41) is 8.76. The Kier molecular flexibility index (Phi) is 3.31. The van der Waals surface area contributed by atoms with E-state index >= 15 is 0 Å². The number of nitrogens with zero attached hydrogens (tertiary/aromatic N) is 1. The fourth-order valence-electron chi connectivity index (χ4n) is 1.05. The summed E-state index contributed by atoms with van der Waals surface area (Å²) in [6.45, 7) is 0. The molecule has 3 nitrogen and oxygen atoms in total. The fourth-order valence-corrected chi connectivity index (χ4v) is 1.46. The number of hydrogen-bond acceptors (Lipinski definition) is 3. The number of halogens is 2. The SMILES string of the molecule is COc1c(C#N)cc(Br)c(F)c1OC. The summed E-state index contributed by atoms with van der Waals surface area (Å²) in [5.74, 6) is -0.544. The molecule has 1 aromatic carbocycles. The van der Waals surface area contributed by atoms with Crippen molar-refractivity contribution in [2.75, 3.05) is 14.2 Å². The first-order valence-electron chi connectivity index (χ1n) is 3.65. The van der Waals surface area contributed by atoms with Crippen molar-refractivity contribution in [2.24, 2.45) is 0 Å². The van der Waals surface area contributed by atoms with Gasteiger partial charge in [-0.3, -0.25) is 0 Å². The topological polar surface area (TPSA) is 42.2 Å². The van der Waals surface area contributed by atoms with E-state index in [1.165, 1.54) is 20.3 Å². The van der Waals surface area contributed by atoms with Crippen LogP contribution in [0.5, 0.6) is 11.5 Å². The van der Waals surface area contributed by atoms with Gasteiger partial charge in [-0.05, 0) is 22.0 Å². The van der Waals surface area contributed by atoms with E-state index in [9.17, 15) is 4.39 Å². The first kappa shape index (κ1) is 10.8. The first-order valence-corrected chi connectivity index (χ1v) is 4.45. The summed E-state index contributed by atoms with van der Waals surface area (Å²) in [5.41, 5.74) is 0.220. The molecule has 5 heteroatoms. The molecule has 0 aliphatic rings. The van der Waals surface area contributed by atoms with E-state index in [1.807, 2.05) is 6.07 Å². The quantitative estimate of drug-likeness (QED) is 0.820. The highest BCUT2D eigenvalue weighted by molar-refractivity contribution is 9.10. The van der Waals surface area contributed by atoms with E-state index in [1.54, 1.807) is 0 Å². The summed E-state index contributed by atoms with van der Waals surface area (Å²) in [6.07, 6.45) is 0. The molecule has 0 spiro atoms. The van der Waals surface area contributed by atoms with E-state index in [2.05, 4.69) is 15.9 Å². The van der Waals surface area contributed by atoms with Crippen molar-refractivity contribution in [2.45, 2.75) is 0 Å². The number of nitriles is 1. The number of rotatable bonds is 2. The Morgan fingerprint density at radius 3 is 2.36 bits per heavy atom. The van der Waals surface area contributed by atoms with E-state index < -0.39 is 5.82 Å². The van der Waals surface area contributed by atoms with Crippen LogP contribution < -0.4 is 9.47 Å². The fraction of sp³-hybridized carbons (Fsp3) is 0.222. The molecule has 0 radical (unpaired) electrons. The summed E-state index contributed by atoms with van der Waals surface area (Å²) in [4.78, 5) is 0. The van der Waals surface area contributed by atoms with Crippen molar-refractivity contribution in [1.82, 2.24) is 0 Å². The second-order valence-corrected chi connectivity index (χ2v) is 3.25. The van der Waals surface area contributed by atoms with Crippen molar-refractivity contribution in [3.8, 4) is 17.6 Å². The van der Waals surface area contributed by atoms with Crippen molar-refractivity contribution in [3.05, 3.63) is 21.9 Å². The molecule has 0 heterocycles. The lowest BCUT2D eigenvalue weighted by atomic mass is 10.2. The van der Waals surface area contributed by atoms with Gasteiger partial charge in [0.1, 0.15) is 6.07 Å². The standard InChI is InChI=1S/C9H7BrFNO2/c1-13-8-5(4-12)3-6(10)7(11)9(8)14-2/h3H,1-2H3. The Morgan fingerprint density at radius 1 is 1.36 bits per heavy atom. The maximum Gasteiger partial charge on any atom is 0.199 e. The van der Waals surface area contributed by atoms with Crippen LogP contribution in [-0.4, -0.2) is 14.2 Å². The largest absolute Gasteiger partial charge is 0.491 e. The van der Waals surface area contributed by atoms with E-state index in [0.29, 0.717) is 0 Å². The van der Waals surface area contributed by atoms with Gasteiger partial charge in [-0.1, -0.05) is 0 Å². The highest BCUT2D eigenvalue weighted by Gasteiger charge is 2.18. The molecule has 0 amide bonds. The number of benzene rings is 1. The smallest absolute Gasteiger partial charge is 0.199 e. The van der Waals surface area contributed by atoms with Crippen molar-refractivity contribution in [3.63, 3.8) is 0 Å². The molecule has 0 unspecified atom stereocenters. The molecule has 1 aromatic rings. The molecule has 14 heavy (non-hydrogen) atoms. The Balaban J connectivity index is 3.52. The number of hydrogen-bond donors (Lipinski definition) is 0. The molecule has 0 saturated heterocycles. The number of methoxy groups -OCH3 is 2. The lowest BCUT2D eigenvalue weighted by Gasteiger charge is -2.10. The van der Waals surface area contributed by atoms with Gasteiger partial charge < -0.3 is 9.47 Å². The molecule has 1 rings (SSSR count). The van der Waals surface area contributed by atoms with Crippen LogP contribution in [0.1, 0.15) is 5.56 Å². The van der Waals surface area contributed by atoms with Crippen LogP contribution in [0.2, 0.25) is 0 Å². The van der Waals surface area contributed by atoms with Gasteiger partial charge in [0, 0.05) is 0 Å². The predicted octanol–water partition coefficient (Wildman–Crippen LogP) is 2.48. The molecule has 0 saturated carbocycles. The molecular weight excluding hydrogens is 253 g/mol. The van der Waals surface area contributed by atoms with Gasteiger partial charge in [0.05, 0.1) is 24.3 Å². The third-order valence-corrected chi connectivity index (χ3v) is 2.24. The lowest BCUT2D eigenvalue weighted by molar-refractivity contribution is 0.336. The summed E-state index contributed by atoms with van der Waals surface area (Å²) < 4.78 is 23.3. The van der Waals surface area contributed by atoms with Gasteiger partial charge in [0.15, 0.2) is 17.3 Å². The van der Waals surface area contributed by atoms with Crippen LogP contribution >= 0.6 is 15.9 Å². The van der Waals surface area contributed by atoms with Gasteiger partial charge in [-0.25, -0.2) is 4.39 Å². The van der Waals surface area contributed by atoms with Crippen LogP contribution in [0.4, 0.5) is 4.39 Å². The average molecular weight is 260 g/mol.